The predicted molar refractivity (Wildman–Crippen MR) is 123 cm³/mol. The minimum Gasteiger partial charge on any atom is -0.481 e. The average molecular weight is 473 g/mol. The van der Waals surface area contributed by atoms with Crippen molar-refractivity contribution in [1.29, 1.82) is 0 Å². The molecule has 1 aromatic heterocycles. The average Bonchev–Trinajstić information content (AvgIpc) is 3.30. The quantitative estimate of drug-likeness (QED) is 0.461. The number of H-pyrrole nitrogens is 1. The van der Waals surface area contributed by atoms with Gasteiger partial charge >= 0.3 is 5.97 Å². The molecule has 1 heterocycles. The Kier molecular flexibility index (Phi) is 6.82. The third kappa shape index (κ3) is 4.81. The largest absolute Gasteiger partial charge is 0.481 e. The van der Waals surface area contributed by atoms with E-state index in [4.69, 9.17) is 27.9 Å². The van der Waals surface area contributed by atoms with Crippen molar-refractivity contribution in [2.24, 2.45) is 5.92 Å². The lowest BCUT2D eigenvalue weighted by molar-refractivity contribution is 0.0683. The Balaban J connectivity index is 1.77. The molecule has 1 fully saturated rings. The van der Waals surface area contributed by atoms with E-state index in [1.54, 1.807) is 18.2 Å². The van der Waals surface area contributed by atoms with Crippen molar-refractivity contribution in [3.05, 3.63) is 91.6 Å². The van der Waals surface area contributed by atoms with Crippen LogP contribution in [-0.2, 0) is 6.61 Å². The van der Waals surface area contributed by atoms with Gasteiger partial charge in [0.1, 0.15) is 12.4 Å². The molecular formula is C24H22Cl2N2O4. The molecule has 0 bridgehead atoms. The Labute approximate surface area is 195 Å². The molecule has 8 heteroatoms. The third-order valence-corrected chi connectivity index (χ3v) is 6.36. The molecule has 6 nitrogen and oxygen atoms in total. The molecule has 0 aliphatic heterocycles. The Morgan fingerprint density at radius 2 is 1.88 bits per heavy atom. The molecule has 2 aromatic carbocycles. The number of hydrogen-bond donors (Lipinski definition) is 2. The fourth-order valence-corrected chi connectivity index (χ4v) is 4.72. The number of carbonyl (C=O) groups is 1. The van der Waals surface area contributed by atoms with Crippen molar-refractivity contribution in [3.63, 3.8) is 0 Å². The summed E-state index contributed by atoms with van der Waals surface area (Å²) < 4.78 is 5.59. The first kappa shape index (κ1) is 22.4. The molecule has 166 valence electrons. The van der Waals surface area contributed by atoms with Gasteiger partial charge in [0, 0.05) is 16.0 Å². The van der Waals surface area contributed by atoms with Crippen LogP contribution in [0.15, 0.2) is 53.3 Å². The molecule has 2 N–H and O–H groups in total. The number of benzene rings is 2. The van der Waals surface area contributed by atoms with Crippen LogP contribution in [-0.4, -0.2) is 21.0 Å². The fourth-order valence-electron chi connectivity index (χ4n) is 4.30. The molecule has 0 saturated heterocycles. The molecule has 1 unspecified atom stereocenters. The van der Waals surface area contributed by atoms with Crippen LogP contribution in [0.2, 0.25) is 10.0 Å². The molecule has 1 saturated carbocycles. The molecule has 3 aromatic rings. The van der Waals surface area contributed by atoms with Crippen molar-refractivity contribution in [3.8, 4) is 5.75 Å². The van der Waals surface area contributed by atoms with E-state index in [1.165, 1.54) is 0 Å². The van der Waals surface area contributed by atoms with Crippen LogP contribution in [0.1, 0.15) is 59.0 Å². The second-order valence-corrected chi connectivity index (χ2v) is 8.74. The maximum absolute atomic E-state index is 12.9. The van der Waals surface area contributed by atoms with Gasteiger partial charge in [-0.2, -0.15) is 0 Å². The van der Waals surface area contributed by atoms with Crippen molar-refractivity contribution >= 4 is 29.2 Å². The van der Waals surface area contributed by atoms with Gasteiger partial charge in [-0.1, -0.05) is 66.4 Å². The van der Waals surface area contributed by atoms with E-state index in [0.29, 0.717) is 10.0 Å². The number of aromatic amines is 1. The molecule has 32 heavy (non-hydrogen) atoms. The number of hydrogen-bond acceptors (Lipinski definition) is 4. The standard InChI is InChI=1S/C24H22Cl2N2O4/c25-16-10-11-18(26)17(12-16)19(15-8-4-5-9-15)22-27-20(24(30)31)21(23(29)28-22)32-13-14-6-2-1-3-7-14/h1-3,6-7,10-12,15,19H,4-5,8-9,13H2,(H,30,31)(H,27,28,29). The third-order valence-electron chi connectivity index (χ3n) is 5.78. The first-order valence-electron chi connectivity index (χ1n) is 10.4. The highest BCUT2D eigenvalue weighted by atomic mass is 35.5. The van der Waals surface area contributed by atoms with E-state index in [-0.39, 0.29) is 30.0 Å². The van der Waals surface area contributed by atoms with Crippen molar-refractivity contribution in [2.75, 3.05) is 0 Å². The molecule has 1 aliphatic rings. The first-order valence-corrected chi connectivity index (χ1v) is 11.2. The van der Waals surface area contributed by atoms with Gasteiger partial charge in [-0.3, -0.25) is 4.79 Å². The number of halogens is 2. The Hall–Kier alpha value is -2.83. The maximum atomic E-state index is 12.9. The zero-order chi connectivity index (χ0) is 22.7. The van der Waals surface area contributed by atoms with Crippen LogP contribution in [0.3, 0.4) is 0 Å². The van der Waals surface area contributed by atoms with Gasteiger partial charge < -0.3 is 14.8 Å². The number of nitrogens with one attached hydrogen (secondary N) is 1. The Morgan fingerprint density at radius 1 is 1.16 bits per heavy atom. The molecule has 1 atom stereocenters. The summed E-state index contributed by atoms with van der Waals surface area (Å²) >= 11 is 12.7. The smallest absolute Gasteiger partial charge is 0.358 e. The van der Waals surface area contributed by atoms with E-state index in [1.807, 2.05) is 30.3 Å². The van der Waals surface area contributed by atoms with E-state index < -0.39 is 17.2 Å². The zero-order valence-corrected chi connectivity index (χ0v) is 18.7. The first-order chi connectivity index (χ1) is 15.4. The van der Waals surface area contributed by atoms with Gasteiger partial charge in [0.15, 0.2) is 5.69 Å². The highest BCUT2D eigenvalue weighted by Crippen LogP contribution is 2.43. The van der Waals surface area contributed by atoms with Crippen molar-refractivity contribution in [1.82, 2.24) is 9.97 Å². The second kappa shape index (κ2) is 9.76. The monoisotopic (exact) mass is 472 g/mol. The maximum Gasteiger partial charge on any atom is 0.358 e. The van der Waals surface area contributed by atoms with Gasteiger partial charge in [-0.25, -0.2) is 9.78 Å². The summed E-state index contributed by atoms with van der Waals surface area (Å²) in [6.07, 6.45) is 3.94. The normalized spacial score (nSPS) is 14.9. The summed E-state index contributed by atoms with van der Waals surface area (Å²) in [6, 6.07) is 14.3. The summed E-state index contributed by atoms with van der Waals surface area (Å²) in [6.45, 7) is 0.0530. The molecule has 0 amide bonds. The van der Waals surface area contributed by atoms with Crippen LogP contribution in [0, 0.1) is 5.92 Å². The number of rotatable bonds is 7. The molecular weight excluding hydrogens is 451 g/mol. The molecule has 0 spiro atoms. The lowest BCUT2D eigenvalue weighted by Crippen LogP contribution is -2.25. The van der Waals surface area contributed by atoms with E-state index in [0.717, 1.165) is 36.8 Å². The lowest BCUT2D eigenvalue weighted by atomic mass is 9.84. The number of nitrogens with zero attached hydrogens (tertiary/aromatic N) is 1. The topological polar surface area (TPSA) is 92.3 Å². The van der Waals surface area contributed by atoms with Gasteiger partial charge in [0.2, 0.25) is 5.75 Å². The van der Waals surface area contributed by atoms with Crippen LogP contribution in [0.25, 0.3) is 0 Å². The zero-order valence-electron chi connectivity index (χ0n) is 17.2. The summed E-state index contributed by atoms with van der Waals surface area (Å²) in [5, 5.41) is 10.8. The highest BCUT2D eigenvalue weighted by molar-refractivity contribution is 6.33. The summed E-state index contributed by atoms with van der Waals surface area (Å²) in [7, 11) is 0. The SMILES string of the molecule is O=C(O)c1nc(C(c2cc(Cl)ccc2Cl)C2CCCC2)[nH]c(=O)c1OCc1ccccc1. The van der Waals surface area contributed by atoms with Crippen LogP contribution in [0.4, 0.5) is 0 Å². The lowest BCUT2D eigenvalue weighted by Gasteiger charge is -2.25. The van der Waals surface area contributed by atoms with Crippen LogP contribution in [0.5, 0.6) is 5.75 Å². The predicted octanol–water partition coefficient (Wildman–Crippen LogP) is 5.68. The Bertz CT molecular complexity index is 1170. The number of carboxylic acids is 1. The minimum absolute atomic E-state index is 0.0530. The van der Waals surface area contributed by atoms with E-state index >= 15 is 0 Å². The molecule has 1 aliphatic carbocycles. The molecule has 0 radical (unpaired) electrons. The number of aromatic nitrogens is 2. The number of carboxylic acid groups (broad SMARTS) is 1. The highest BCUT2D eigenvalue weighted by Gasteiger charge is 2.33. The van der Waals surface area contributed by atoms with Crippen molar-refractivity contribution < 1.29 is 14.6 Å². The second-order valence-electron chi connectivity index (χ2n) is 7.90. The summed E-state index contributed by atoms with van der Waals surface area (Å²) in [4.78, 5) is 32.1. The Morgan fingerprint density at radius 3 is 2.56 bits per heavy atom. The van der Waals surface area contributed by atoms with Gasteiger partial charge in [0.05, 0.1) is 0 Å². The van der Waals surface area contributed by atoms with Gasteiger partial charge in [-0.15, -0.1) is 0 Å². The summed E-state index contributed by atoms with van der Waals surface area (Å²) in [5.41, 5.74) is 0.482. The summed E-state index contributed by atoms with van der Waals surface area (Å²) in [5.74, 6) is -1.60. The van der Waals surface area contributed by atoms with Crippen molar-refractivity contribution in [2.45, 2.75) is 38.2 Å². The minimum atomic E-state index is -1.33. The number of ether oxygens (including phenoxy) is 1. The van der Waals surface area contributed by atoms with E-state index in [2.05, 4.69) is 9.97 Å². The van der Waals surface area contributed by atoms with Gasteiger partial charge in [-0.05, 0) is 48.1 Å². The van der Waals surface area contributed by atoms with Gasteiger partial charge in [0.25, 0.3) is 5.56 Å². The number of aromatic carboxylic acids is 1. The molecule has 4 rings (SSSR count). The van der Waals surface area contributed by atoms with E-state index in [9.17, 15) is 14.7 Å². The van der Waals surface area contributed by atoms with Crippen LogP contribution < -0.4 is 10.3 Å². The van der Waals surface area contributed by atoms with Crippen LogP contribution >= 0.6 is 23.2 Å². The fraction of sp³-hybridized carbons (Fsp3) is 0.292.